The normalized spacial score (nSPS) is 17.2. The molecule has 2 aliphatic rings. The van der Waals surface area contributed by atoms with Crippen molar-refractivity contribution in [3.05, 3.63) is 71.3 Å². The zero-order valence-electron chi connectivity index (χ0n) is 24.3. The molecule has 5 rings (SSSR count). The number of amides is 1. The van der Waals surface area contributed by atoms with Crippen molar-refractivity contribution in [2.75, 3.05) is 48.7 Å². The van der Waals surface area contributed by atoms with Crippen molar-refractivity contribution >= 4 is 27.3 Å². The van der Waals surface area contributed by atoms with Crippen LogP contribution < -0.4 is 14.4 Å². The summed E-state index contributed by atoms with van der Waals surface area (Å²) >= 11 is 0. The maximum atomic E-state index is 13.9. The van der Waals surface area contributed by atoms with Gasteiger partial charge in [0.25, 0.3) is 11.8 Å². The predicted molar refractivity (Wildman–Crippen MR) is 160 cm³/mol. The van der Waals surface area contributed by atoms with E-state index in [2.05, 4.69) is 4.72 Å². The summed E-state index contributed by atoms with van der Waals surface area (Å²) in [5.74, 6) is -3.21. The maximum Gasteiger partial charge on any atom is 0.416 e. The van der Waals surface area contributed by atoms with Crippen LogP contribution in [0.15, 0.2) is 54.6 Å². The number of rotatable bonds is 9. The number of alkyl halides is 5. The van der Waals surface area contributed by atoms with Crippen LogP contribution in [0.1, 0.15) is 40.7 Å². The van der Waals surface area contributed by atoms with Crippen LogP contribution in [0.25, 0.3) is 11.1 Å². The lowest BCUT2D eigenvalue weighted by molar-refractivity contribution is -0.137. The number of anilines is 2. The van der Waals surface area contributed by atoms with E-state index in [0.29, 0.717) is 41.8 Å². The topological polar surface area (TPSA) is 99.2 Å². The third kappa shape index (κ3) is 7.85. The van der Waals surface area contributed by atoms with E-state index in [0.717, 1.165) is 18.4 Å². The highest BCUT2D eigenvalue weighted by Gasteiger charge is 2.34. The number of benzene rings is 3. The number of aromatic hydroxyl groups is 1. The van der Waals surface area contributed by atoms with E-state index < -0.39 is 33.6 Å². The Bertz CT molecular complexity index is 1670. The van der Waals surface area contributed by atoms with Gasteiger partial charge in [0.1, 0.15) is 11.5 Å². The molecule has 3 aromatic rings. The first-order chi connectivity index (χ1) is 21.1. The van der Waals surface area contributed by atoms with Gasteiger partial charge in [0.05, 0.1) is 29.7 Å². The predicted octanol–water partition coefficient (Wildman–Crippen LogP) is 6.15. The van der Waals surface area contributed by atoms with Gasteiger partial charge in [-0.05, 0) is 65.9 Å². The van der Waals surface area contributed by atoms with Gasteiger partial charge < -0.3 is 19.6 Å². The van der Waals surface area contributed by atoms with Crippen LogP contribution in [0, 0.1) is 0 Å². The number of hydrogen-bond donors (Lipinski definition) is 2. The lowest BCUT2D eigenvalue weighted by Crippen LogP contribution is -2.40. The minimum Gasteiger partial charge on any atom is -0.506 e. The lowest BCUT2D eigenvalue weighted by atomic mass is 9.92. The van der Waals surface area contributed by atoms with E-state index in [-0.39, 0.29) is 61.8 Å². The Morgan fingerprint density at radius 3 is 2.31 bits per heavy atom. The molecule has 1 amide bonds. The summed E-state index contributed by atoms with van der Waals surface area (Å²) in [6.07, 6.45) is -3.14. The number of phenols is 1. The van der Waals surface area contributed by atoms with E-state index in [9.17, 15) is 40.3 Å². The number of halogens is 5. The van der Waals surface area contributed by atoms with Gasteiger partial charge in [-0.15, -0.1) is 0 Å². The second-order valence-electron chi connectivity index (χ2n) is 11.3. The minimum atomic E-state index is -4.49. The molecule has 2 heterocycles. The Morgan fingerprint density at radius 1 is 0.978 bits per heavy atom. The molecule has 2 N–H and O–H groups in total. The molecule has 0 radical (unpaired) electrons. The molecule has 0 atom stereocenters. The molecule has 0 saturated carbocycles. The molecule has 242 valence electrons. The van der Waals surface area contributed by atoms with Crippen molar-refractivity contribution in [2.24, 2.45) is 0 Å². The summed E-state index contributed by atoms with van der Waals surface area (Å²) in [6.45, 7) is 1.40. The summed E-state index contributed by atoms with van der Waals surface area (Å²) in [5, 5.41) is 10.2. The summed E-state index contributed by atoms with van der Waals surface area (Å²) in [4.78, 5) is 17.3. The van der Waals surface area contributed by atoms with E-state index in [1.54, 1.807) is 12.1 Å². The molecule has 0 aliphatic carbocycles. The van der Waals surface area contributed by atoms with Crippen LogP contribution in [-0.2, 0) is 22.6 Å². The third-order valence-electron chi connectivity index (χ3n) is 7.84. The van der Waals surface area contributed by atoms with Gasteiger partial charge in [-0.3, -0.25) is 9.52 Å². The van der Waals surface area contributed by atoms with Crippen molar-refractivity contribution in [3.8, 4) is 22.6 Å². The molecule has 0 bridgehead atoms. The first-order valence-electron chi connectivity index (χ1n) is 14.3. The van der Waals surface area contributed by atoms with Gasteiger partial charge in [-0.1, -0.05) is 18.2 Å². The molecule has 1 fully saturated rings. The molecule has 8 nitrogen and oxygen atoms in total. The number of likely N-dealkylation sites (tertiary alicyclic amines) is 1. The van der Waals surface area contributed by atoms with Crippen molar-refractivity contribution in [1.29, 1.82) is 0 Å². The molecular formula is C31H32F5N3O5S. The zero-order valence-corrected chi connectivity index (χ0v) is 25.1. The summed E-state index contributed by atoms with van der Waals surface area (Å²) in [7, 11) is -3.72. The molecule has 45 heavy (non-hydrogen) atoms. The number of piperidine rings is 1. The molecule has 0 spiro atoms. The molecule has 3 aromatic carbocycles. The molecule has 1 saturated heterocycles. The average molecular weight is 654 g/mol. The van der Waals surface area contributed by atoms with Gasteiger partial charge in [-0.2, -0.15) is 13.2 Å². The number of ether oxygens (including phenoxy) is 1. The van der Waals surface area contributed by atoms with Gasteiger partial charge in [-0.25, -0.2) is 17.2 Å². The van der Waals surface area contributed by atoms with Crippen LogP contribution >= 0.6 is 0 Å². The van der Waals surface area contributed by atoms with Crippen LogP contribution in [0.4, 0.5) is 33.3 Å². The van der Waals surface area contributed by atoms with E-state index in [4.69, 9.17) is 4.74 Å². The number of carbonyl (C=O) groups is 1. The number of nitrogens with zero attached hydrogens (tertiary/aromatic N) is 2. The van der Waals surface area contributed by atoms with Crippen molar-refractivity contribution in [2.45, 2.75) is 37.8 Å². The number of nitrogens with one attached hydrogen (secondary N) is 1. The van der Waals surface area contributed by atoms with Gasteiger partial charge >= 0.3 is 6.18 Å². The second-order valence-corrected chi connectivity index (χ2v) is 13.0. The van der Waals surface area contributed by atoms with E-state index in [1.807, 2.05) is 4.90 Å². The highest BCUT2D eigenvalue weighted by molar-refractivity contribution is 7.92. The SMILES string of the molecule is CS(=O)(=O)Nc1cc(N2CCc3cc(-c4ccc(C(F)(F)F)cc4)cc(OCCCN4CCC(F)(F)CC4)c3C2=O)ccc1O. The van der Waals surface area contributed by atoms with Crippen molar-refractivity contribution < 1.29 is 45.0 Å². The average Bonchev–Trinajstić information content (AvgIpc) is 2.96. The number of fused-ring (bicyclic) bond motifs is 1. The highest BCUT2D eigenvalue weighted by Crippen LogP contribution is 2.38. The Labute approximate surface area is 257 Å². The standard InChI is InChI=1S/C31H32F5N3O5S/c1-45(42,43)37-25-19-24(7-8-26(25)40)39-13-9-21-17-22(20-3-5-23(6-4-20)31(34,35)36)18-27(28(21)29(39)41)44-16-2-12-38-14-10-30(32,33)11-15-38/h3-8,17-19,37,40H,2,9-16H2,1H3. The number of hydrogen-bond acceptors (Lipinski definition) is 6. The smallest absolute Gasteiger partial charge is 0.416 e. The van der Waals surface area contributed by atoms with E-state index >= 15 is 0 Å². The summed E-state index contributed by atoms with van der Waals surface area (Å²) in [5.41, 5.74) is 1.36. The first kappa shape index (κ1) is 32.5. The fourth-order valence-corrected chi connectivity index (χ4v) is 6.07. The Balaban J connectivity index is 1.42. The van der Waals surface area contributed by atoms with Crippen LogP contribution in [0.5, 0.6) is 11.5 Å². The highest BCUT2D eigenvalue weighted by atomic mass is 32.2. The first-order valence-corrected chi connectivity index (χ1v) is 16.2. The largest absolute Gasteiger partial charge is 0.506 e. The van der Waals surface area contributed by atoms with Crippen molar-refractivity contribution in [3.63, 3.8) is 0 Å². The Morgan fingerprint density at radius 2 is 1.67 bits per heavy atom. The third-order valence-corrected chi connectivity index (χ3v) is 8.43. The second kappa shape index (κ2) is 12.5. The van der Waals surface area contributed by atoms with E-state index in [1.165, 1.54) is 35.2 Å². The molecule has 0 unspecified atom stereocenters. The zero-order chi connectivity index (χ0) is 32.6. The van der Waals surface area contributed by atoms with Gasteiger partial charge in [0.2, 0.25) is 10.0 Å². The quantitative estimate of drug-likeness (QED) is 0.163. The number of carbonyl (C=O) groups excluding carboxylic acids is 1. The van der Waals surface area contributed by atoms with Crippen molar-refractivity contribution in [1.82, 2.24) is 4.90 Å². The fourth-order valence-electron chi connectivity index (χ4n) is 5.51. The molecule has 2 aliphatic heterocycles. The monoisotopic (exact) mass is 653 g/mol. The minimum absolute atomic E-state index is 0.0989. The lowest BCUT2D eigenvalue weighted by Gasteiger charge is -2.32. The number of phenolic OH excluding ortho intramolecular Hbond substituents is 1. The number of sulfonamides is 1. The molecule has 0 aromatic heterocycles. The molecular weight excluding hydrogens is 621 g/mol. The van der Waals surface area contributed by atoms with Crippen LogP contribution in [0.2, 0.25) is 0 Å². The maximum absolute atomic E-state index is 13.9. The summed E-state index contributed by atoms with van der Waals surface area (Å²) in [6, 6.07) is 12.1. The van der Waals surface area contributed by atoms with Crippen LogP contribution in [-0.4, -0.2) is 69.3 Å². The Hall–Kier alpha value is -3.91. The van der Waals surface area contributed by atoms with Gasteiger partial charge in [0, 0.05) is 44.7 Å². The van der Waals surface area contributed by atoms with Crippen LogP contribution in [0.3, 0.4) is 0 Å². The van der Waals surface area contributed by atoms with Gasteiger partial charge in [0.15, 0.2) is 0 Å². The summed E-state index contributed by atoms with van der Waals surface area (Å²) < 4.78 is 98.4. The Kier molecular flexibility index (Phi) is 9.00. The fraction of sp³-hybridized carbons (Fsp3) is 0.387. The molecule has 14 heteroatoms.